The van der Waals surface area contributed by atoms with E-state index in [1.165, 1.54) is 5.56 Å². The number of aromatic nitrogens is 3. The van der Waals surface area contributed by atoms with Crippen LogP contribution >= 0.6 is 23.4 Å². The summed E-state index contributed by atoms with van der Waals surface area (Å²) in [5.41, 5.74) is 0.219. The van der Waals surface area contributed by atoms with E-state index >= 15 is 0 Å². The van der Waals surface area contributed by atoms with Gasteiger partial charge in [-0.15, -0.1) is 10.2 Å². The lowest BCUT2D eigenvalue weighted by Gasteiger charge is -2.11. The van der Waals surface area contributed by atoms with E-state index in [0.717, 1.165) is 42.2 Å². The van der Waals surface area contributed by atoms with Gasteiger partial charge in [-0.1, -0.05) is 53.7 Å². The fourth-order valence-electron chi connectivity index (χ4n) is 2.70. The van der Waals surface area contributed by atoms with Crippen molar-refractivity contribution in [2.24, 2.45) is 7.05 Å². The Morgan fingerprint density at radius 2 is 1.87 bits per heavy atom. The molecule has 3 rings (SSSR count). The maximum absolute atomic E-state index is 12.8. The molecule has 0 atom stereocenters. The first-order chi connectivity index (χ1) is 14.2. The van der Waals surface area contributed by atoms with Crippen LogP contribution in [0.2, 0.25) is 5.02 Å². The highest BCUT2D eigenvalue weighted by Gasteiger charge is 2.31. The van der Waals surface area contributed by atoms with Crippen molar-refractivity contribution < 1.29 is 18.0 Å². The summed E-state index contributed by atoms with van der Waals surface area (Å²) in [5.74, 6) is 0.245. The first-order valence-electron chi connectivity index (χ1n) is 8.95. The molecule has 0 aliphatic heterocycles. The minimum absolute atomic E-state index is 0.0307. The molecule has 0 unspecified atom stereocenters. The predicted molar refractivity (Wildman–Crippen MR) is 111 cm³/mol. The summed E-state index contributed by atoms with van der Waals surface area (Å²) in [6, 6.07) is 12.8. The van der Waals surface area contributed by atoms with Crippen LogP contribution in [0.1, 0.15) is 17.0 Å². The molecule has 30 heavy (non-hydrogen) atoms. The second-order valence-corrected chi connectivity index (χ2v) is 7.82. The molecule has 1 N–H and O–H groups in total. The lowest BCUT2D eigenvalue weighted by Crippen LogP contribution is -2.16. The summed E-state index contributed by atoms with van der Waals surface area (Å²) in [4.78, 5) is 12.2. The highest BCUT2D eigenvalue weighted by atomic mass is 35.5. The zero-order chi connectivity index (χ0) is 21.7. The molecule has 5 nitrogen and oxygen atoms in total. The number of rotatable bonds is 7. The van der Waals surface area contributed by atoms with Gasteiger partial charge in [0.25, 0.3) is 0 Å². The number of anilines is 1. The number of hydrogen-bond acceptors (Lipinski definition) is 4. The predicted octanol–water partition coefficient (Wildman–Crippen LogP) is 5.00. The highest BCUT2D eigenvalue weighted by molar-refractivity contribution is 7.99. The van der Waals surface area contributed by atoms with Crippen molar-refractivity contribution in [3.8, 4) is 0 Å². The number of thioether (sulfide) groups is 1. The Morgan fingerprint density at radius 1 is 1.13 bits per heavy atom. The molecular weight excluding hydrogens is 437 g/mol. The van der Waals surface area contributed by atoms with Crippen LogP contribution in [0.25, 0.3) is 0 Å². The second kappa shape index (κ2) is 9.53. The van der Waals surface area contributed by atoms with E-state index in [1.54, 1.807) is 4.57 Å². The molecule has 0 aliphatic carbocycles. The largest absolute Gasteiger partial charge is 0.416 e. The van der Waals surface area contributed by atoms with E-state index < -0.39 is 17.6 Å². The van der Waals surface area contributed by atoms with E-state index in [4.69, 9.17) is 11.6 Å². The van der Waals surface area contributed by atoms with E-state index in [2.05, 4.69) is 15.5 Å². The van der Waals surface area contributed by atoms with Crippen LogP contribution in [0, 0.1) is 0 Å². The number of aryl methyl sites for hydroxylation is 2. The lowest BCUT2D eigenvalue weighted by molar-refractivity contribution is -0.137. The topological polar surface area (TPSA) is 59.8 Å². The third-order valence-corrected chi connectivity index (χ3v) is 5.66. The first kappa shape index (κ1) is 22.2. The van der Waals surface area contributed by atoms with Crippen LogP contribution in [0.15, 0.2) is 53.7 Å². The molecule has 0 fully saturated rings. The molecular formula is C20H18ClF3N4OS. The van der Waals surface area contributed by atoms with Crippen LogP contribution in [-0.2, 0) is 30.9 Å². The second-order valence-electron chi connectivity index (χ2n) is 6.47. The zero-order valence-electron chi connectivity index (χ0n) is 15.9. The molecule has 3 aromatic rings. The van der Waals surface area contributed by atoms with E-state index in [-0.39, 0.29) is 16.5 Å². The van der Waals surface area contributed by atoms with Crippen molar-refractivity contribution in [1.29, 1.82) is 0 Å². The third kappa shape index (κ3) is 5.76. The normalized spacial score (nSPS) is 11.5. The Bertz CT molecular complexity index is 1020. The lowest BCUT2D eigenvalue weighted by atomic mass is 10.1. The Hall–Kier alpha value is -2.52. The fourth-order valence-corrected chi connectivity index (χ4v) is 3.60. The molecule has 158 valence electrons. The standard InChI is InChI=1S/C20H18ClF3N4OS/c1-28-17(10-7-13-5-3-2-4-6-13)26-27-19(28)30-12-18(29)25-16-11-14(20(22,23)24)8-9-15(16)21/h2-6,8-9,11H,7,10,12H2,1H3,(H,25,29). The van der Waals surface area contributed by atoms with E-state index in [0.29, 0.717) is 11.6 Å². The number of carbonyl (C=O) groups is 1. The van der Waals surface area contributed by atoms with Crippen LogP contribution in [0.5, 0.6) is 0 Å². The number of hydrogen-bond donors (Lipinski definition) is 1. The summed E-state index contributed by atoms with van der Waals surface area (Å²) in [6.07, 6.45) is -3.01. The zero-order valence-corrected chi connectivity index (χ0v) is 17.5. The smallest absolute Gasteiger partial charge is 0.324 e. The van der Waals surface area contributed by atoms with Gasteiger partial charge in [-0.05, 0) is 30.2 Å². The summed E-state index contributed by atoms with van der Waals surface area (Å²) in [5, 5.41) is 11.2. The van der Waals surface area contributed by atoms with Gasteiger partial charge in [0.2, 0.25) is 5.91 Å². The first-order valence-corrected chi connectivity index (χ1v) is 10.3. The summed E-state index contributed by atoms with van der Waals surface area (Å²) in [6.45, 7) is 0. The quantitative estimate of drug-likeness (QED) is 0.510. The average molecular weight is 455 g/mol. The van der Waals surface area contributed by atoms with Crippen LogP contribution < -0.4 is 5.32 Å². The number of carbonyl (C=O) groups excluding carboxylic acids is 1. The Morgan fingerprint density at radius 3 is 2.57 bits per heavy atom. The number of benzene rings is 2. The van der Waals surface area contributed by atoms with Gasteiger partial charge in [-0.25, -0.2) is 0 Å². The van der Waals surface area contributed by atoms with Gasteiger partial charge in [0, 0.05) is 13.5 Å². The van der Waals surface area contributed by atoms with Gasteiger partial charge in [0.1, 0.15) is 5.82 Å². The molecule has 0 radical (unpaired) electrons. The third-order valence-electron chi connectivity index (χ3n) is 4.31. The van der Waals surface area contributed by atoms with E-state index in [9.17, 15) is 18.0 Å². The summed E-state index contributed by atoms with van der Waals surface area (Å²) >= 11 is 7.05. The molecule has 1 aromatic heterocycles. The maximum atomic E-state index is 12.8. The van der Waals surface area contributed by atoms with Crippen molar-refractivity contribution in [3.05, 3.63) is 70.5 Å². The van der Waals surface area contributed by atoms with Crippen LogP contribution in [0.4, 0.5) is 18.9 Å². The van der Waals surface area contributed by atoms with Gasteiger partial charge in [0.05, 0.1) is 22.0 Å². The maximum Gasteiger partial charge on any atom is 0.416 e. The Kier molecular flexibility index (Phi) is 7.04. The van der Waals surface area contributed by atoms with Crippen molar-refractivity contribution in [1.82, 2.24) is 14.8 Å². The number of amides is 1. The molecule has 2 aromatic carbocycles. The van der Waals surface area contributed by atoms with E-state index in [1.807, 2.05) is 37.4 Å². The summed E-state index contributed by atoms with van der Waals surface area (Å²) < 4.78 is 40.3. The summed E-state index contributed by atoms with van der Waals surface area (Å²) in [7, 11) is 1.81. The average Bonchev–Trinajstić information content (AvgIpc) is 3.06. The fraction of sp³-hybridized carbons (Fsp3) is 0.250. The van der Waals surface area contributed by atoms with Gasteiger partial charge in [-0.3, -0.25) is 4.79 Å². The molecule has 0 saturated carbocycles. The highest BCUT2D eigenvalue weighted by Crippen LogP contribution is 2.34. The van der Waals surface area contributed by atoms with Crippen molar-refractivity contribution in [3.63, 3.8) is 0 Å². The Balaban J connectivity index is 1.57. The van der Waals surface area contributed by atoms with Gasteiger partial charge < -0.3 is 9.88 Å². The van der Waals surface area contributed by atoms with Crippen molar-refractivity contribution in [2.45, 2.75) is 24.2 Å². The van der Waals surface area contributed by atoms with Gasteiger partial charge in [0.15, 0.2) is 5.16 Å². The molecule has 0 bridgehead atoms. The minimum Gasteiger partial charge on any atom is -0.324 e. The van der Waals surface area contributed by atoms with Crippen molar-refractivity contribution >= 4 is 35.0 Å². The number of halogens is 4. The van der Waals surface area contributed by atoms with Crippen LogP contribution in [-0.4, -0.2) is 26.4 Å². The molecule has 10 heteroatoms. The number of nitrogens with zero attached hydrogens (tertiary/aromatic N) is 3. The molecule has 0 saturated heterocycles. The Labute approximate surface area is 180 Å². The molecule has 1 amide bonds. The van der Waals surface area contributed by atoms with Crippen LogP contribution in [0.3, 0.4) is 0 Å². The molecule has 1 heterocycles. The molecule has 0 spiro atoms. The van der Waals surface area contributed by atoms with Gasteiger partial charge in [-0.2, -0.15) is 13.2 Å². The molecule has 0 aliphatic rings. The SMILES string of the molecule is Cn1c(CCc2ccccc2)nnc1SCC(=O)Nc1cc(C(F)(F)F)ccc1Cl. The minimum atomic E-state index is -4.52. The number of nitrogens with one attached hydrogen (secondary N) is 1. The monoisotopic (exact) mass is 454 g/mol. The number of alkyl halides is 3. The van der Waals surface area contributed by atoms with Gasteiger partial charge >= 0.3 is 6.18 Å². The van der Waals surface area contributed by atoms with Crippen molar-refractivity contribution in [2.75, 3.05) is 11.1 Å².